The monoisotopic (exact) mass is 291 g/mol. The number of rotatable bonds is 4. The Morgan fingerprint density at radius 1 is 0.818 bits per heavy atom. The third kappa shape index (κ3) is 3.23. The van der Waals surface area contributed by atoms with Crippen LogP contribution in [-0.4, -0.2) is 17.0 Å². The SMILES string of the molecule is CNc1ccc(-c2cnc(Oc3ccc(C)cc3)nc2)cc1. The zero-order valence-electron chi connectivity index (χ0n) is 12.6. The summed E-state index contributed by atoms with van der Waals surface area (Å²) in [5.74, 6) is 0.733. The summed E-state index contributed by atoms with van der Waals surface area (Å²) < 4.78 is 5.63. The predicted molar refractivity (Wildman–Crippen MR) is 88.3 cm³/mol. The van der Waals surface area contributed by atoms with Crippen molar-refractivity contribution in [2.24, 2.45) is 0 Å². The Morgan fingerprint density at radius 3 is 2.05 bits per heavy atom. The van der Waals surface area contributed by atoms with Crippen molar-refractivity contribution in [1.82, 2.24) is 9.97 Å². The van der Waals surface area contributed by atoms with Crippen molar-refractivity contribution in [1.29, 1.82) is 0 Å². The lowest BCUT2D eigenvalue weighted by Gasteiger charge is -2.06. The van der Waals surface area contributed by atoms with Crippen molar-refractivity contribution in [3.63, 3.8) is 0 Å². The van der Waals surface area contributed by atoms with E-state index in [1.54, 1.807) is 12.4 Å². The van der Waals surface area contributed by atoms with E-state index < -0.39 is 0 Å². The average Bonchev–Trinajstić information content (AvgIpc) is 2.58. The molecule has 0 spiro atoms. The van der Waals surface area contributed by atoms with E-state index in [2.05, 4.69) is 15.3 Å². The second-order valence-electron chi connectivity index (χ2n) is 5.00. The summed E-state index contributed by atoms with van der Waals surface area (Å²) in [6, 6.07) is 16.2. The van der Waals surface area contributed by atoms with E-state index in [-0.39, 0.29) is 0 Å². The first-order valence-corrected chi connectivity index (χ1v) is 7.09. The molecule has 4 nitrogen and oxygen atoms in total. The molecule has 0 aliphatic carbocycles. The number of nitrogens with one attached hydrogen (secondary N) is 1. The summed E-state index contributed by atoms with van der Waals surface area (Å²) in [7, 11) is 1.90. The number of aromatic nitrogens is 2. The van der Waals surface area contributed by atoms with Gasteiger partial charge < -0.3 is 10.1 Å². The van der Waals surface area contributed by atoms with Crippen LogP contribution < -0.4 is 10.1 Å². The molecular weight excluding hydrogens is 274 g/mol. The van der Waals surface area contributed by atoms with Crippen LogP contribution in [0.25, 0.3) is 11.1 Å². The second kappa shape index (κ2) is 6.26. The number of benzene rings is 2. The lowest BCUT2D eigenvalue weighted by molar-refractivity contribution is 0.442. The zero-order chi connectivity index (χ0) is 15.4. The number of hydrogen-bond acceptors (Lipinski definition) is 4. The maximum atomic E-state index is 5.63. The van der Waals surface area contributed by atoms with Gasteiger partial charge in [0.05, 0.1) is 0 Å². The molecule has 3 rings (SSSR count). The number of ether oxygens (including phenoxy) is 1. The first-order chi connectivity index (χ1) is 10.7. The van der Waals surface area contributed by atoms with Crippen LogP contribution in [0.15, 0.2) is 60.9 Å². The van der Waals surface area contributed by atoms with Crippen LogP contribution in [0.5, 0.6) is 11.8 Å². The molecule has 4 heteroatoms. The van der Waals surface area contributed by atoms with Gasteiger partial charge in [-0.25, -0.2) is 9.97 Å². The number of nitrogens with zero attached hydrogens (tertiary/aromatic N) is 2. The van der Waals surface area contributed by atoms with E-state index in [1.165, 1.54) is 5.56 Å². The zero-order valence-corrected chi connectivity index (χ0v) is 12.6. The van der Waals surface area contributed by atoms with Crippen LogP contribution >= 0.6 is 0 Å². The van der Waals surface area contributed by atoms with E-state index >= 15 is 0 Å². The summed E-state index contributed by atoms with van der Waals surface area (Å²) in [4.78, 5) is 8.53. The molecule has 0 unspecified atom stereocenters. The van der Waals surface area contributed by atoms with E-state index in [0.29, 0.717) is 6.01 Å². The largest absolute Gasteiger partial charge is 0.424 e. The van der Waals surface area contributed by atoms with E-state index in [0.717, 1.165) is 22.6 Å². The fourth-order valence-corrected chi connectivity index (χ4v) is 2.06. The molecule has 0 radical (unpaired) electrons. The normalized spacial score (nSPS) is 10.3. The Bertz CT molecular complexity index is 735. The standard InChI is InChI=1S/C18H17N3O/c1-13-3-9-17(10-4-13)22-18-20-11-15(12-21-18)14-5-7-16(19-2)8-6-14/h3-12,19H,1-2H3. The molecule has 0 saturated carbocycles. The van der Waals surface area contributed by atoms with E-state index in [1.807, 2.05) is 62.5 Å². The van der Waals surface area contributed by atoms with Crippen molar-refractivity contribution in [3.8, 4) is 22.9 Å². The predicted octanol–water partition coefficient (Wildman–Crippen LogP) is 4.29. The van der Waals surface area contributed by atoms with E-state index in [9.17, 15) is 0 Å². The third-order valence-electron chi connectivity index (χ3n) is 3.37. The molecule has 1 heterocycles. The lowest BCUT2D eigenvalue weighted by atomic mass is 10.1. The highest BCUT2D eigenvalue weighted by molar-refractivity contribution is 5.64. The van der Waals surface area contributed by atoms with Gasteiger partial charge in [0.15, 0.2) is 0 Å². The molecule has 0 amide bonds. The molecule has 110 valence electrons. The highest BCUT2D eigenvalue weighted by Gasteiger charge is 2.03. The van der Waals surface area contributed by atoms with Gasteiger partial charge in [-0.05, 0) is 36.8 Å². The second-order valence-corrected chi connectivity index (χ2v) is 5.00. The molecule has 0 saturated heterocycles. The van der Waals surface area contributed by atoms with Crippen LogP contribution in [0.2, 0.25) is 0 Å². The Labute approximate surface area is 129 Å². The Kier molecular flexibility index (Phi) is 4.01. The van der Waals surface area contributed by atoms with Crippen LogP contribution in [-0.2, 0) is 0 Å². The number of aryl methyl sites for hydroxylation is 1. The molecule has 0 aliphatic heterocycles. The van der Waals surface area contributed by atoms with Gasteiger partial charge in [0.2, 0.25) is 0 Å². The topological polar surface area (TPSA) is 47.0 Å². The molecule has 0 atom stereocenters. The van der Waals surface area contributed by atoms with Gasteiger partial charge in [-0.1, -0.05) is 29.8 Å². The molecule has 1 N–H and O–H groups in total. The first-order valence-electron chi connectivity index (χ1n) is 7.09. The maximum absolute atomic E-state index is 5.63. The minimum Gasteiger partial charge on any atom is -0.424 e. The molecule has 0 fully saturated rings. The van der Waals surface area contributed by atoms with Gasteiger partial charge in [-0.2, -0.15) is 0 Å². The van der Waals surface area contributed by atoms with Crippen molar-refractivity contribution in [3.05, 3.63) is 66.5 Å². The number of anilines is 1. The van der Waals surface area contributed by atoms with Gasteiger partial charge in [-0.15, -0.1) is 0 Å². The summed E-state index contributed by atoms with van der Waals surface area (Å²) >= 11 is 0. The van der Waals surface area contributed by atoms with Crippen molar-refractivity contribution >= 4 is 5.69 Å². The maximum Gasteiger partial charge on any atom is 0.321 e. The van der Waals surface area contributed by atoms with Crippen molar-refractivity contribution < 1.29 is 4.74 Å². The van der Waals surface area contributed by atoms with Crippen molar-refractivity contribution in [2.45, 2.75) is 6.92 Å². The quantitative estimate of drug-likeness (QED) is 0.779. The molecule has 0 bridgehead atoms. The third-order valence-corrected chi connectivity index (χ3v) is 3.37. The molecule has 1 aromatic heterocycles. The van der Waals surface area contributed by atoms with Crippen LogP contribution in [0.1, 0.15) is 5.56 Å². The Morgan fingerprint density at radius 2 is 1.45 bits per heavy atom. The highest BCUT2D eigenvalue weighted by Crippen LogP contribution is 2.22. The molecular formula is C18H17N3O. The van der Waals surface area contributed by atoms with Gasteiger partial charge in [0.1, 0.15) is 5.75 Å². The Hall–Kier alpha value is -2.88. The molecule has 2 aromatic carbocycles. The first kappa shape index (κ1) is 14.1. The average molecular weight is 291 g/mol. The van der Waals surface area contributed by atoms with E-state index in [4.69, 9.17) is 4.74 Å². The summed E-state index contributed by atoms with van der Waals surface area (Å²) in [5, 5.41) is 3.09. The van der Waals surface area contributed by atoms with Gasteiger partial charge in [0.25, 0.3) is 0 Å². The van der Waals surface area contributed by atoms with Gasteiger partial charge in [0, 0.05) is 30.7 Å². The van der Waals surface area contributed by atoms with Gasteiger partial charge in [-0.3, -0.25) is 0 Å². The minimum atomic E-state index is 0.347. The van der Waals surface area contributed by atoms with Crippen LogP contribution in [0.3, 0.4) is 0 Å². The summed E-state index contributed by atoms with van der Waals surface area (Å²) in [5.41, 5.74) is 4.29. The smallest absolute Gasteiger partial charge is 0.321 e. The Balaban J connectivity index is 1.75. The molecule has 3 aromatic rings. The summed E-state index contributed by atoms with van der Waals surface area (Å²) in [6.07, 6.45) is 3.54. The number of hydrogen-bond donors (Lipinski definition) is 1. The lowest BCUT2D eigenvalue weighted by Crippen LogP contribution is -1.92. The highest BCUT2D eigenvalue weighted by atomic mass is 16.5. The minimum absolute atomic E-state index is 0.347. The fraction of sp³-hybridized carbons (Fsp3) is 0.111. The van der Waals surface area contributed by atoms with Crippen LogP contribution in [0, 0.1) is 6.92 Å². The summed E-state index contributed by atoms with van der Waals surface area (Å²) in [6.45, 7) is 2.04. The van der Waals surface area contributed by atoms with Gasteiger partial charge >= 0.3 is 6.01 Å². The molecule has 0 aliphatic rings. The van der Waals surface area contributed by atoms with Crippen LogP contribution in [0.4, 0.5) is 5.69 Å². The van der Waals surface area contributed by atoms with Crippen molar-refractivity contribution in [2.75, 3.05) is 12.4 Å². The fourth-order valence-electron chi connectivity index (χ4n) is 2.06. The molecule has 22 heavy (non-hydrogen) atoms.